The molecule has 230 valence electrons. The van der Waals surface area contributed by atoms with Crippen molar-refractivity contribution < 1.29 is 4.74 Å². The van der Waals surface area contributed by atoms with Crippen molar-refractivity contribution in [3.8, 4) is 34.1 Å². The van der Waals surface area contributed by atoms with E-state index in [0.717, 1.165) is 45.1 Å². The van der Waals surface area contributed by atoms with Gasteiger partial charge >= 0.3 is 0 Å². The van der Waals surface area contributed by atoms with Gasteiger partial charge in [0.1, 0.15) is 17.3 Å². The molecule has 0 amide bonds. The van der Waals surface area contributed by atoms with Gasteiger partial charge in [-0.15, -0.1) is 0 Å². The van der Waals surface area contributed by atoms with Crippen LogP contribution in [0.25, 0.3) is 44.4 Å². The summed E-state index contributed by atoms with van der Waals surface area (Å²) in [5.41, 5.74) is 12.7. The van der Waals surface area contributed by atoms with E-state index >= 15 is 0 Å². The number of hydrogen-bond acceptors (Lipinski definition) is 3. The van der Waals surface area contributed by atoms with Gasteiger partial charge in [0.15, 0.2) is 0 Å². The number of nitrogens with zero attached hydrogens (tertiary/aromatic N) is 4. The van der Waals surface area contributed by atoms with Crippen LogP contribution in [0.2, 0.25) is 0 Å². The standard InChI is InChI=1S/C41H40N4O/c1-25-18-19-42-37(22-25)44-35-15-10-9-14-33(35)34-17-16-32(24-36(34)44)46-31-13-11-12-30(23-31)45-40(41(6,7)8)39(29(5)43-45)38-27(3)20-26(2)21-28(38)4/h9-24H,1-8H3. The lowest BCUT2D eigenvalue weighted by atomic mass is 9.83. The molecule has 0 saturated heterocycles. The molecule has 46 heavy (non-hydrogen) atoms. The van der Waals surface area contributed by atoms with Crippen LogP contribution >= 0.6 is 0 Å². The lowest BCUT2D eigenvalue weighted by molar-refractivity contribution is 0.482. The Morgan fingerprint density at radius 3 is 2.09 bits per heavy atom. The molecule has 7 rings (SSSR count). The fourth-order valence-electron chi connectivity index (χ4n) is 7.00. The number of aromatic nitrogens is 4. The van der Waals surface area contributed by atoms with Crippen molar-refractivity contribution in [1.29, 1.82) is 0 Å². The van der Waals surface area contributed by atoms with Crippen LogP contribution in [0.1, 0.15) is 54.4 Å². The van der Waals surface area contributed by atoms with E-state index in [4.69, 9.17) is 14.8 Å². The smallest absolute Gasteiger partial charge is 0.137 e. The number of rotatable bonds is 5. The first-order valence-corrected chi connectivity index (χ1v) is 15.9. The summed E-state index contributed by atoms with van der Waals surface area (Å²) in [6, 6.07) is 31.7. The largest absolute Gasteiger partial charge is 0.457 e. The lowest BCUT2D eigenvalue weighted by Gasteiger charge is -2.24. The van der Waals surface area contributed by atoms with Crippen LogP contribution in [0.4, 0.5) is 0 Å². The van der Waals surface area contributed by atoms with E-state index in [9.17, 15) is 0 Å². The Hall–Kier alpha value is -5.16. The summed E-state index contributed by atoms with van der Waals surface area (Å²) in [6.07, 6.45) is 1.87. The molecule has 0 aliphatic carbocycles. The number of fused-ring (bicyclic) bond motifs is 3. The topological polar surface area (TPSA) is 44.9 Å². The van der Waals surface area contributed by atoms with Crippen LogP contribution in [0.15, 0.2) is 97.2 Å². The fraction of sp³-hybridized carbons (Fsp3) is 0.220. The maximum absolute atomic E-state index is 6.58. The van der Waals surface area contributed by atoms with Gasteiger partial charge in [-0.05, 0) is 99.3 Å². The monoisotopic (exact) mass is 604 g/mol. The Labute approximate surface area is 271 Å². The highest BCUT2D eigenvalue weighted by atomic mass is 16.5. The molecule has 0 aliphatic heterocycles. The van der Waals surface area contributed by atoms with Gasteiger partial charge in [-0.1, -0.05) is 62.7 Å². The van der Waals surface area contributed by atoms with Crippen LogP contribution in [0, 0.1) is 34.6 Å². The Balaban J connectivity index is 1.33. The molecule has 0 spiro atoms. The number of benzene rings is 4. The van der Waals surface area contributed by atoms with Gasteiger partial charge in [-0.2, -0.15) is 5.10 Å². The van der Waals surface area contributed by atoms with E-state index in [2.05, 4.69) is 137 Å². The maximum atomic E-state index is 6.58. The normalized spacial score (nSPS) is 11.9. The van der Waals surface area contributed by atoms with Crippen molar-refractivity contribution in [2.75, 3.05) is 0 Å². The Morgan fingerprint density at radius 2 is 1.35 bits per heavy atom. The van der Waals surface area contributed by atoms with Crippen molar-refractivity contribution in [3.05, 3.63) is 131 Å². The average molecular weight is 605 g/mol. The quantitative estimate of drug-likeness (QED) is 0.196. The third kappa shape index (κ3) is 5.06. The van der Waals surface area contributed by atoms with Gasteiger partial charge in [-0.3, -0.25) is 4.57 Å². The van der Waals surface area contributed by atoms with Gasteiger partial charge in [-0.25, -0.2) is 9.67 Å². The molecule has 0 radical (unpaired) electrons. The molecular weight excluding hydrogens is 564 g/mol. The molecule has 5 nitrogen and oxygen atoms in total. The molecule has 3 aromatic heterocycles. The second-order valence-corrected chi connectivity index (χ2v) is 13.6. The number of aryl methyl sites for hydroxylation is 5. The number of pyridine rings is 1. The summed E-state index contributed by atoms with van der Waals surface area (Å²) in [5.74, 6) is 2.41. The molecule has 5 heteroatoms. The average Bonchev–Trinajstić information content (AvgIpc) is 3.51. The minimum atomic E-state index is -0.153. The summed E-state index contributed by atoms with van der Waals surface area (Å²) in [6.45, 7) is 17.6. The minimum absolute atomic E-state index is 0.153. The van der Waals surface area contributed by atoms with Crippen molar-refractivity contribution in [3.63, 3.8) is 0 Å². The third-order valence-electron chi connectivity index (χ3n) is 8.77. The summed E-state index contributed by atoms with van der Waals surface area (Å²) in [4.78, 5) is 4.73. The highest BCUT2D eigenvalue weighted by Crippen LogP contribution is 2.41. The number of ether oxygens (including phenoxy) is 1. The molecule has 3 heterocycles. The zero-order valence-corrected chi connectivity index (χ0v) is 27.9. The van der Waals surface area contributed by atoms with E-state index in [1.165, 1.54) is 44.5 Å². The Morgan fingerprint density at radius 1 is 0.630 bits per heavy atom. The zero-order valence-electron chi connectivity index (χ0n) is 27.9. The molecule has 4 aromatic carbocycles. The van der Waals surface area contributed by atoms with Crippen LogP contribution < -0.4 is 4.74 Å². The van der Waals surface area contributed by atoms with Gasteiger partial charge < -0.3 is 4.74 Å². The Bertz CT molecular complexity index is 2260. The molecule has 0 bridgehead atoms. The first-order valence-electron chi connectivity index (χ1n) is 15.9. The molecular formula is C41H40N4O. The molecule has 0 aliphatic rings. The molecule has 0 saturated carbocycles. The van der Waals surface area contributed by atoms with Crippen molar-refractivity contribution in [2.45, 2.75) is 60.8 Å². The van der Waals surface area contributed by atoms with Gasteiger partial charge in [0.05, 0.1) is 28.1 Å². The van der Waals surface area contributed by atoms with Crippen LogP contribution in [0.5, 0.6) is 11.5 Å². The van der Waals surface area contributed by atoms with E-state index in [0.29, 0.717) is 0 Å². The molecule has 0 fully saturated rings. The van der Waals surface area contributed by atoms with Crippen LogP contribution in [-0.2, 0) is 5.41 Å². The van der Waals surface area contributed by atoms with Crippen molar-refractivity contribution in [1.82, 2.24) is 19.3 Å². The first kappa shape index (κ1) is 29.5. The summed E-state index contributed by atoms with van der Waals surface area (Å²) in [7, 11) is 0. The van der Waals surface area contributed by atoms with Crippen LogP contribution in [-0.4, -0.2) is 19.3 Å². The fourth-order valence-corrected chi connectivity index (χ4v) is 7.00. The molecule has 0 atom stereocenters. The highest BCUT2D eigenvalue weighted by molar-refractivity contribution is 6.09. The maximum Gasteiger partial charge on any atom is 0.137 e. The Kier molecular flexibility index (Phi) is 7.08. The van der Waals surface area contributed by atoms with Gasteiger partial charge in [0, 0.05) is 40.1 Å². The van der Waals surface area contributed by atoms with Gasteiger partial charge in [0.2, 0.25) is 0 Å². The zero-order chi connectivity index (χ0) is 32.3. The summed E-state index contributed by atoms with van der Waals surface area (Å²) < 4.78 is 10.9. The van der Waals surface area contributed by atoms with E-state index in [1.807, 2.05) is 24.4 Å². The van der Waals surface area contributed by atoms with E-state index in [1.54, 1.807) is 0 Å². The lowest BCUT2D eigenvalue weighted by Crippen LogP contribution is -2.19. The molecule has 7 aromatic rings. The van der Waals surface area contributed by atoms with E-state index in [-0.39, 0.29) is 5.41 Å². The first-order chi connectivity index (χ1) is 22.0. The van der Waals surface area contributed by atoms with Crippen LogP contribution in [0.3, 0.4) is 0 Å². The second-order valence-electron chi connectivity index (χ2n) is 13.6. The molecule has 0 unspecified atom stereocenters. The van der Waals surface area contributed by atoms with Gasteiger partial charge in [0.25, 0.3) is 0 Å². The predicted octanol–water partition coefficient (Wildman–Crippen LogP) is 10.7. The minimum Gasteiger partial charge on any atom is -0.457 e. The summed E-state index contributed by atoms with van der Waals surface area (Å²) in [5, 5.41) is 7.50. The van der Waals surface area contributed by atoms with Crippen molar-refractivity contribution >= 4 is 21.8 Å². The predicted molar refractivity (Wildman–Crippen MR) is 190 cm³/mol. The highest BCUT2D eigenvalue weighted by Gasteiger charge is 2.29. The van der Waals surface area contributed by atoms with Crippen molar-refractivity contribution in [2.24, 2.45) is 0 Å². The number of para-hydroxylation sites is 1. The number of hydrogen-bond donors (Lipinski definition) is 0. The summed E-state index contributed by atoms with van der Waals surface area (Å²) >= 11 is 0. The molecule has 0 N–H and O–H groups in total. The SMILES string of the molecule is Cc1ccnc(-n2c3ccccc3c3ccc(Oc4cccc(-n5nc(C)c(-c6c(C)cc(C)cc6C)c5C(C)(C)C)c4)cc32)c1. The van der Waals surface area contributed by atoms with E-state index < -0.39 is 0 Å². The third-order valence-corrected chi connectivity index (χ3v) is 8.77. The second kappa shape index (κ2) is 11.0.